The third-order valence-corrected chi connectivity index (χ3v) is 6.18. The molecule has 3 aromatic carbocycles. The molecular weight excluding hydrogens is 569 g/mol. The summed E-state index contributed by atoms with van der Waals surface area (Å²) in [5.41, 5.74) is 1.46. The van der Waals surface area contributed by atoms with E-state index in [4.69, 9.17) is 20.8 Å². The average molecular weight is 586 g/mol. The topological polar surface area (TPSA) is 89.9 Å². The predicted molar refractivity (Wildman–Crippen MR) is 141 cm³/mol. The van der Waals surface area contributed by atoms with Crippen molar-refractivity contribution in [3.8, 4) is 23.1 Å². The molecule has 5 aromatic rings. The molecular formula is C25H17ClIN3O4. The third kappa shape index (κ3) is 4.14. The van der Waals surface area contributed by atoms with E-state index in [0.717, 1.165) is 5.39 Å². The van der Waals surface area contributed by atoms with Crippen LogP contribution >= 0.6 is 34.2 Å². The summed E-state index contributed by atoms with van der Waals surface area (Å²) in [6.07, 6.45) is 1.52. The van der Waals surface area contributed by atoms with Gasteiger partial charge in [0, 0.05) is 10.4 Å². The number of benzene rings is 3. The standard InChI is InChI=1S/C25H17ClIN3O4/c1-2-33-21-10-14(9-18(27)23(21)31)13-28-30-24(29-19-6-4-3-5-17(19)25(30)32)22-12-15-11-16(26)7-8-20(15)34-22/h3-13,31H,2H2,1H3. The highest BCUT2D eigenvalue weighted by Crippen LogP contribution is 2.32. The number of phenolic OH excluding ortho intramolecular Hbond substituents is 1. The highest BCUT2D eigenvalue weighted by atomic mass is 127. The third-order valence-electron chi connectivity index (χ3n) is 5.13. The van der Waals surface area contributed by atoms with Crippen LogP contribution in [0.15, 0.2) is 75.0 Å². The van der Waals surface area contributed by atoms with Crippen molar-refractivity contribution in [3.63, 3.8) is 0 Å². The molecule has 0 amide bonds. The maximum atomic E-state index is 13.4. The Morgan fingerprint density at radius 2 is 2.03 bits per heavy atom. The van der Waals surface area contributed by atoms with Gasteiger partial charge in [0.05, 0.1) is 27.3 Å². The summed E-state index contributed by atoms with van der Waals surface area (Å²) in [4.78, 5) is 18.1. The Hall–Kier alpha value is -3.37. The quantitative estimate of drug-likeness (QED) is 0.200. The minimum atomic E-state index is -0.339. The minimum Gasteiger partial charge on any atom is -0.504 e. The number of ether oxygens (including phenoxy) is 1. The molecule has 0 bridgehead atoms. The highest BCUT2D eigenvalue weighted by Gasteiger charge is 2.17. The summed E-state index contributed by atoms with van der Waals surface area (Å²) < 4.78 is 13.3. The fourth-order valence-corrected chi connectivity index (χ4v) is 4.38. The van der Waals surface area contributed by atoms with E-state index in [9.17, 15) is 9.90 Å². The first-order chi connectivity index (χ1) is 16.4. The summed E-state index contributed by atoms with van der Waals surface area (Å²) in [6.45, 7) is 2.23. The zero-order chi connectivity index (χ0) is 23.8. The molecule has 0 aliphatic heterocycles. The molecule has 170 valence electrons. The van der Waals surface area contributed by atoms with Crippen LogP contribution in [0.1, 0.15) is 12.5 Å². The summed E-state index contributed by atoms with van der Waals surface area (Å²) in [5.74, 6) is 1.04. The van der Waals surface area contributed by atoms with Crippen molar-refractivity contribution in [2.75, 3.05) is 6.61 Å². The number of nitrogens with zero attached hydrogens (tertiary/aromatic N) is 3. The van der Waals surface area contributed by atoms with Gasteiger partial charge in [0.2, 0.25) is 5.82 Å². The van der Waals surface area contributed by atoms with Crippen LogP contribution in [0.2, 0.25) is 5.02 Å². The maximum Gasteiger partial charge on any atom is 0.282 e. The second kappa shape index (κ2) is 9.11. The van der Waals surface area contributed by atoms with Gasteiger partial charge >= 0.3 is 0 Å². The number of fused-ring (bicyclic) bond motifs is 2. The molecule has 0 saturated carbocycles. The van der Waals surface area contributed by atoms with Crippen LogP contribution in [0.3, 0.4) is 0 Å². The van der Waals surface area contributed by atoms with Crippen molar-refractivity contribution in [2.24, 2.45) is 5.10 Å². The van der Waals surface area contributed by atoms with Gasteiger partial charge in [-0.15, -0.1) is 0 Å². The van der Waals surface area contributed by atoms with Crippen LogP contribution in [0, 0.1) is 3.57 Å². The van der Waals surface area contributed by atoms with E-state index in [-0.39, 0.29) is 17.1 Å². The molecule has 34 heavy (non-hydrogen) atoms. The Morgan fingerprint density at radius 3 is 2.85 bits per heavy atom. The SMILES string of the molecule is CCOc1cc(C=Nn2c(-c3cc4cc(Cl)ccc4o3)nc3ccccc3c2=O)cc(I)c1O. The zero-order valence-corrected chi connectivity index (χ0v) is 20.7. The lowest BCUT2D eigenvalue weighted by molar-refractivity contribution is 0.317. The van der Waals surface area contributed by atoms with Crippen LogP contribution in [-0.2, 0) is 0 Å². The van der Waals surface area contributed by atoms with Crippen LogP contribution in [0.4, 0.5) is 0 Å². The van der Waals surface area contributed by atoms with E-state index in [1.165, 1.54) is 10.9 Å². The molecule has 0 saturated heterocycles. The number of para-hydroxylation sites is 1. The van der Waals surface area contributed by atoms with Gasteiger partial charge in [-0.05, 0) is 83.6 Å². The number of phenols is 1. The Morgan fingerprint density at radius 1 is 1.21 bits per heavy atom. The molecule has 0 unspecified atom stereocenters. The van der Waals surface area contributed by atoms with Gasteiger partial charge in [-0.1, -0.05) is 23.7 Å². The number of aromatic nitrogens is 2. The van der Waals surface area contributed by atoms with Gasteiger partial charge in [0.1, 0.15) is 5.58 Å². The van der Waals surface area contributed by atoms with Crippen molar-refractivity contribution in [1.82, 2.24) is 9.66 Å². The fourth-order valence-electron chi connectivity index (χ4n) is 3.57. The lowest BCUT2D eigenvalue weighted by Crippen LogP contribution is -2.20. The molecule has 9 heteroatoms. The summed E-state index contributed by atoms with van der Waals surface area (Å²) in [5, 5.41) is 16.5. The number of aromatic hydroxyl groups is 1. The molecule has 7 nitrogen and oxygen atoms in total. The highest BCUT2D eigenvalue weighted by molar-refractivity contribution is 14.1. The van der Waals surface area contributed by atoms with Crippen LogP contribution in [0.5, 0.6) is 11.5 Å². The van der Waals surface area contributed by atoms with Gasteiger partial charge in [0.15, 0.2) is 17.3 Å². The van der Waals surface area contributed by atoms with E-state index in [0.29, 0.717) is 48.8 Å². The Bertz CT molecular complexity index is 1640. The average Bonchev–Trinajstić information content (AvgIpc) is 3.24. The second-order valence-electron chi connectivity index (χ2n) is 7.39. The van der Waals surface area contributed by atoms with E-state index in [1.807, 2.05) is 35.6 Å². The van der Waals surface area contributed by atoms with E-state index < -0.39 is 0 Å². The van der Waals surface area contributed by atoms with Crippen molar-refractivity contribution in [1.29, 1.82) is 0 Å². The van der Waals surface area contributed by atoms with Crippen molar-refractivity contribution < 1.29 is 14.3 Å². The van der Waals surface area contributed by atoms with Crippen molar-refractivity contribution >= 4 is 62.3 Å². The lowest BCUT2D eigenvalue weighted by Gasteiger charge is -2.09. The molecule has 0 aliphatic rings. The summed E-state index contributed by atoms with van der Waals surface area (Å²) in [7, 11) is 0. The molecule has 2 aromatic heterocycles. The van der Waals surface area contributed by atoms with Crippen molar-refractivity contribution in [2.45, 2.75) is 6.92 Å². The Balaban J connectivity index is 1.70. The number of hydrogen-bond acceptors (Lipinski definition) is 6. The Kier molecular flexibility index (Phi) is 6.01. The first-order valence-corrected chi connectivity index (χ1v) is 11.8. The minimum absolute atomic E-state index is 0.0609. The first-order valence-electron chi connectivity index (χ1n) is 10.4. The van der Waals surface area contributed by atoms with Gasteiger partial charge in [0.25, 0.3) is 5.56 Å². The molecule has 2 heterocycles. The van der Waals surface area contributed by atoms with E-state index in [2.05, 4.69) is 10.1 Å². The predicted octanol–water partition coefficient (Wildman–Crippen LogP) is 6.05. The monoisotopic (exact) mass is 585 g/mol. The van der Waals surface area contributed by atoms with E-state index in [1.54, 1.807) is 54.6 Å². The van der Waals surface area contributed by atoms with Crippen LogP contribution < -0.4 is 10.3 Å². The van der Waals surface area contributed by atoms with Gasteiger partial charge in [-0.25, -0.2) is 4.98 Å². The smallest absolute Gasteiger partial charge is 0.282 e. The molecule has 0 fully saturated rings. The van der Waals surface area contributed by atoms with Crippen LogP contribution in [-0.4, -0.2) is 27.6 Å². The van der Waals surface area contributed by atoms with Gasteiger partial charge in [-0.3, -0.25) is 4.79 Å². The fraction of sp³-hybridized carbons (Fsp3) is 0.0800. The maximum absolute atomic E-state index is 13.4. The number of hydrogen-bond donors (Lipinski definition) is 1. The first kappa shape index (κ1) is 22.4. The molecule has 1 N–H and O–H groups in total. The Labute approximate surface area is 212 Å². The molecule has 5 rings (SSSR count). The lowest BCUT2D eigenvalue weighted by atomic mass is 10.2. The molecule has 0 atom stereocenters. The summed E-state index contributed by atoms with van der Waals surface area (Å²) >= 11 is 8.14. The van der Waals surface area contributed by atoms with Gasteiger partial charge in [-0.2, -0.15) is 9.78 Å². The largest absolute Gasteiger partial charge is 0.504 e. The second-order valence-corrected chi connectivity index (χ2v) is 8.99. The van der Waals surface area contributed by atoms with Crippen LogP contribution in [0.25, 0.3) is 33.5 Å². The normalized spacial score (nSPS) is 11.6. The number of halogens is 2. The summed E-state index contributed by atoms with van der Waals surface area (Å²) in [6, 6.07) is 17.5. The number of furan rings is 1. The molecule has 0 spiro atoms. The zero-order valence-electron chi connectivity index (χ0n) is 17.8. The molecule has 0 radical (unpaired) electrons. The van der Waals surface area contributed by atoms with Gasteiger partial charge < -0.3 is 14.3 Å². The molecule has 0 aliphatic carbocycles. The number of rotatable bonds is 5. The van der Waals surface area contributed by atoms with E-state index >= 15 is 0 Å². The van der Waals surface area contributed by atoms with Crippen molar-refractivity contribution in [3.05, 3.63) is 85.2 Å².